The van der Waals surface area contributed by atoms with E-state index in [0.717, 1.165) is 11.3 Å². The predicted molar refractivity (Wildman–Crippen MR) is 106 cm³/mol. The van der Waals surface area contributed by atoms with E-state index >= 15 is 0 Å². The fraction of sp³-hybridized carbons (Fsp3) is 0.304. The molecule has 1 aliphatic carbocycles. The van der Waals surface area contributed by atoms with E-state index in [4.69, 9.17) is 4.74 Å². The maximum atomic E-state index is 5.40. The van der Waals surface area contributed by atoms with Crippen LogP contribution in [0.4, 0.5) is 0 Å². The maximum Gasteiger partial charge on any atom is 0.120 e. The first kappa shape index (κ1) is 14.8. The van der Waals surface area contributed by atoms with Crippen LogP contribution in [-0.4, -0.2) is 12.1 Å². The van der Waals surface area contributed by atoms with E-state index in [2.05, 4.69) is 69.1 Å². The molecule has 4 aromatic rings. The fourth-order valence-corrected chi connectivity index (χ4v) is 4.68. The second-order valence-corrected chi connectivity index (χ2v) is 8.36. The normalized spacial score (nSPS) is 17.6. The monoisotopic (exact) mass is 329 g/mol. The van der Waals surface area contributed by atoms with Gasteiger partial charge in [-0.3, -0.25) is 0 Å². The van der Waals surface area contributed by atoms with E-state index in [0.29, 0.717) is 0 Å². The van der Waals surface area contributed by atoms with Gasteiger partial charge in [0.2, 0.25) is 0 Å². The molecule has 0 bridgehead atoms. The van der Waals surface area contributed by atoms with Crippen LogP contribution in [0.5, 0.6) is 5.75 Å². The van der Waals surface area contributed by atoms with Gasteiger partial charge in [-0.1, -0.05) is 45.9 Å². The average molecular weight is 329 g/mol. The van der Waals surface area contributed by atoms with Crippen LogP contribution < -0.4 is 4.74 Å². The first-order valence-electron chi connectivity index (χ1n) is 8.92. The molecule has 0 saturated heterocycles. The number of aromatic nitrogens is 1. The Bertz CT molecular complexity index is 1180. The van der Waals surface area contributed by atoms with Gasteiger partial charge in [-0.2, -0.15) is 0 Å². The van der Waals surface area contributed by atoms with Crippen LogP contribution in [0.25, 0.3) is 32.6 Å². The van der Waals surface area contributed by atoms with E-state index in [1.807, 2.05) is 6.07 Å². The Morgan fingerprint density at radius 2 is 1.52 bits per heavy atom. The summed E-state index contributed by atoms with van der Waals surface area (Å²) in [4.78, 5) is 3.63. The predicted octanol–water partition coefficient (Wildman–Crippen LogP) is 6.05. The van der Waals surface area contributed by atoms with Crippen molar-refractivity contribution in [2.24, 2.45) is 0 Å². The van der Waals surface area contributed by atoms with Gasteiger partial charge in [0.1, 0.15) is 5.75 Å². The summed E-state index contributed by atoms with van der Waals surface area (Å²) in [5.41, 5.74) is 5.48. The highest BCUT2D eigenvalue weighted by atomic mass is 16.5. The standard InChI is InChI=1S/C23H23NO/c1-22(2)16-8-6-7-15-20-14-10-9-13(25-5)11-18(14)24-19(20)12-17(21(15)16)23(22,3)4/h6-12,24H,1-5H3. The number of H-pyrrole nitrogens is 1. The van der Waals surface area contributed by atoms with Crippen molar-refractivity contribution in [2.45, 2.75) is 38.5 Å². The van der Waals surface area contributed by atoms with Crippen LogP contribution in [0.15, 0.2) is 42.5 Å². The number of hydrogen-bond acceptors (Lipinski definition) is 1. The van der Waals surface area contributed by atoms with Gasteiger partial charge in [-0.05, 0) is 50.9 Å². The molecule has 2 nitrogen and oxygen atoms in total. The molecule has 0 unspecified atom stereocenters. The Hall–Kier alpha value is -2.48. The van der Waals surface area contributed by atoms with Crippen molar-refractivity contribution in [1.29, 1.82) is 0 Å². The quantitative estimate of drug-likeness (QED) is 0.451. The van der Waals surface area contributed by atoms with Gasteiger partial charge in [-0.25, -0.2) is 0 Å². The summed E-state index contributed by atoms with van der Waals surface area (Å²) in [5, 5.41) is 5.40. The van der Waals surface area contributed by atoms with E-state index in [1.165, 1.54) is 38.2 Å². The van der Waals surface area contributed by atoms with Crippen molar-refractivity contribution < 1.29 is 4.74 Å². The Kier molecular flexibility index (Phi) is 2.59. The van der Waals surface area contributed by atoms with Crippen LogP contribution in [0.2, 0.25) is 0 Å². The van der Waals surface area contributed by atoms with E-state index in [1.54, 1.807) is 7.11 Å². The summed E-state index contributed by atoms with van der Waals surface area (Å²) >= 11 is 0. The largest absolute Gasteiger partial charge is 0.497 e. The van der Waals surface area contributed by atoms with Gasteiger partial charge in [0.05, 0.1) is 12.6 Å². The van der Waals surface area contributed by atoms with Crippen LogP contribution in [0.1, 0.15) is 38.8 Å². The lowest BCUT2D eigenvalue weighted by atomic mass is 9.66. The van der Waals surface area contributed by atoms with Crippen molar-refractivity contribution in [3.63, 3.8) is 0 Å². The summed E-state index contributed by atoms with van der Waals surface area (Å²) in [6.07, 6.45) is 0. The van der Waals surface area contributed by atoms with Crippen molar-refractivity contribution in [3.8, 4) is 5.75 Å². The second-order valence-electron chi connectivity index (χ2n) is 8.36. The van der Waals surface area contributed by atoms with Crippen LogP contribution >= 0.6 is 0 Å². The third-order valence-corrected chi connectivity index (χ3v) is 6.84. The third-order valence-electron chi connectivity index (χ3n) is 6.84. The third kappa shape index (κ3) is 1.60. The summed E-state index contributed by atoms with van der Waals surface area (Å²) in [6, 6.07) is 15.5. The molecule has 0 saturated carbocycles. The molecule has 2 heteroatoms. The molecule has 0 radical (unpaired) electrons. The Balaban J connectivity index is 2.02. The van der Waals surface area contributed by atoms with Crippen molar-refractivity contribution in [1.82, 2.24) is 4.98 Å². The van der Waals surface area contributed by atoms with E-state index in [-0.39, 0.29) is 10.8 Å². The first-order chi connectivity index (χ1) is 11.9. The Morgan fingerprint density at radius 1 is 0.760 bits per heavy atom. The van der Waals surface area contributed by atoms with Crippen molar-refractivity contribution in [2.75, 3.05) is 7.11 Å². The number of nitrogens with one attached hydrogen (secondary N) is 1. The van der Waals surface area contributed by atoms with E-state index < -0.39 is 0 Å². The number of hydrogen-bond donors (Lipinski definition) is 1. The topological polar surface area (TPSA) is 25.0 Å². The molecular weight excluding hydrogens is 306 g/mol. The number of ether oxygens (including phenoxy) is 1. The minimum Gasteiger partial charge on any atom is -0.497 e. The SMILES string of the molecule is COc1ccc2c(c1)[nH]c1cc3c4c(cccc4c12)C(C)(C)C3(C)C. The highest BCUT2D eigenvalue weighted by Crippen LogP contribution is 2.55. The zero-order valence-corrected chi connectivity index (χ0v) is 15.4. The van der Waals surface area contributed by atoms with Crippen molar-refractivity contribution in [3.05, 3.63) is 53.6 Å². The molecule has 5 rings (SSSR count). The number of rotatable bonds is 1. The number of benzene rings is 3. The molecule has 1 aliphatic rings. The summed E-state index contributed by atoms with van der Waals surface area (Å²) < 4.78 is 5.40. The molecular formula is C23H23NO. The molecule has 126 valence electrons. The Morgan fingerprint density at radius 3 is 2.28 bits per heavy atom. The molecule has 0 spiro atoms. The van der Waals surface area contributed by atoms with Gasteiger partial charge in [-0.15, -0.1) is 0 Å². The smallest absolute Gasteiger partial charge is 0.120 e. The minimum absolute atomic E-state index is 0.0953. The molecule has 25 heavy (non-hydrogen) atoms. The van der Waals surface area contributed by atoms with Crippen molar-refractivity contribution >= 4 is 32.6 Å². The summed E-state index contributed by atoms with van der Waals surface area (Å²) in [7, 11) is 1.71. The van der Waals surface area contributed by atoms with Gasteiger partial charge >= 0.3 is 0 Å². The van der Waals surface area contributed by atoms with Gasteiger partial charge in [0, 0.05) is 22.4 Å². The molecule has 0 atom stereocenters. The molecule has 1 heterocycles. The lowest BCUT2D eigenvalue weighted by Gasteiger charge is -2.37. The van der Waals surface area contributed by atoms with Crippen LogP contribution in [-0.2, 0) is 10.8 Å². The zero-order chi connectivity index (χ0) is 17.6. The summed E-state index contributed by atoms with van der Waals surface area (Å²) in [6.45, 7) is 9.50. The van der Waals surface area contributed by atoms with Gasteiger partial charge in [0.25, 0.3) is 0 Å². The molecule has 1 aromatic heterocycles. The minimum atomic E-state index is 0.0953. The molecule has 0 fully saturated rings. The van der Waals surface area contributed by atoms with Crippen LogP contribution in [0.3, 0.4) is 0 Å². The average Bonchev–Trinajstić information content (AvgIpc) is 3.03. The Labute approximate surface area is 147 Å². The first-order valence-corrected chi connectivity index (χ1v) is 8.92. The number of fused-ring (bicyclic) bond motifs is 4. The van der Waals surface area contributed by atoms with Gasteiger partial charge < -0.3 is 9.72 Å². The fourth-order valence-electron chi connectivity index (χ4n) is 4.68. The maximum absolute atomic E-state index is 5.40. The molecule has 0 aliphatic heterocycles. The lowest BCUT2D eigenvalue weighted by Crippen LogP contribution is -2.35. The zero-order valence-electron chi connectivity index (χ0n) is 15.4. The molecule has 1 N–H and O–H groups in total. The number of aromatic amines is 1. The molecule has 3 aromatic carbocycles. The number of methoxy groups -OCH3 is 1. The molecule has 0 amide bonds. The lowest BCUT2D eigenvalue weighted by molar-refractivity contribution is 0.322. The van der Waals surface area contributed by atoms with Gasteiger partial charge in [0.15, 0.2) is 0 Å². The highest BCUT2D eigenvalue weighted by Gasteiger charge is 2.47. The van der Waals surface area contributed by atoms with Crippen LogP contribution in [0, 0.1) is 0 Å². The summed E-state index contributed by atoms with van der Waals surface area (Å²) in [5.74, 6) is 0.887. The highest BCUT2D eigenvalue weighted by molar-refractivity contribution is 6.22. The van der Waals surface area contributed by atoms with E-state index in [9.17, 15) is 0 Å². The second kappa shape index (κ2) is 4.37.